The van der Waals surface area contributed by atoms with Crippen LogP contribution in [0.15, 0.2) is 0 Å². The van der Waals surface area contributed by atoms with Gasteiger partial charge in [0.15, 0.2) is 0 Å². The lowest BCUT2D eigenvalue weighted by Crippen LogP contribution is -2.45. The zero-order valence-corrected chi connectivity index (χ0v) is 10.1. The van der Waals surface area contributed by atoms with E-state index in [0.29, 0.717) is 25.8 Å². The Morgan fingerprint density at radius 2 is 1.88 bits per heavy atom. The number of sulfone groups is 1. The maximum Gasteiger partial charge on any atom is 0.224 e. The van der Waals surface area contributed by atoms with Gasteiger partial charge in [-0.3, -0.25) is 4.79 Å². The lowest BCUT2D eigenvalue weighted by Gasteiger charge is -2.33. The summed E-state index contributed by atoms with van der Waals surface area (Å²) < 4.78 is 22.6. The van der Waals surface area contributed by atoms with Gasteiger partial charge in [-0.05, 0) is 12.8 Å². The first kappa shape index (κ1) is 11.9. The zero-order valence-electron chi connectivity index (χ0n) is 9.31. The number of carbonyl (C=O) groups excluding carboxylic acids is 1. The smallest absolute Gasteiger partial charge is 0.224 e. The third-order valence-electron chi connectivity index (χ3n) is 3.33. The van der Waals surface area contributed by atoms with Crippen molar-refractivity contribution in [3.63, 3.8) is 0 Å². The van der Waals surface area contributed by atoms with Crippen molar-refractivity contribution < 1.29 is 13.2 Å². The molecule has 0 aliphatic carbocycles. The lowest BCUT2D eigenvalue weighted by molar-refractivity contribution is -0.132. The van der Waals surface area contributed by atoms with Crippen molar-refractivity contribution in [1.29, 1.82) is 0 Å². The Morgan fingerprint density at radius 3 is 2.56 bits per heavy atom. The van der Waals surface area contributed by atoms with Gasteiger partial charge in [0, 0.05) is 32.1 Å². The molecule has 2 heterocycles. The van der Waals surface area contributed by atoms with E-state index in [1.807, 2.05) is 4.90 Å². The molecule has 6 heteroatoms. The topological polar surface area (TPSA) is 66.5 Å². The van der Waals surface area contributed by atoms with E-state index in [1.54, 1.807) is 0 Å². The largest absolute Gasteiger partial charge is 0.338 e. The Balaban J connectivity index is 1.99. The summed E-state index contributed by atoms with van der Waals surface area (Å²) in [5, 5.41) is 3.18. The van der Waals surface area contributed by atoms with Crippen LogP contribution in [0.4, 0.5) is 0 Å². The van der Waals surface area contributed by atoms with E-state index in [4.69, 9.17) is 0 Å². The first-order valence-corrected chi connectivity index (χ1v) is 7.61. The highest BCUT2D eigenvalue weighted by Gasteiger charge is 2.30. The van der Waals surface area contributed by atoms with Gasteiger partial charge in [-0.2, -0.15) is 0 Å². The fourth-order valence-electron chi connectivity index (χ4n) is 2.36. The highest BCUT2D eigenvalue weighted by atomic mass is 32.2. The third-order valence-corrected chi connectivity index (χ3v) is 5.05. The molecule has 0 atom stereocenters. The van der Waals surface area contributed by atoms with Crippen LogP contribution in [-0.4, -0.2) is 56.4 Å². The summed E-state index contributed by atoms with van der Waals surface area (Å²) in [4.78, 5) is 13.7. The maximum absolute atomic E-state index is 11.8. The Kier molecular flexibility index (Phi) is 3.49. The Morgan fingerprint density at radius 1 is 1.19 bits per heavy atom. The van der Waals surface area contributed by atoms with Gasteiger partial charge in [-0.15, -0.1) is 0 Å². The second-order valence-electron chi connectivity index (χ2n) is 4.47. The summed E-state index contributed by atoms with van der Waals surface area (Å²) in [6.45, 7) is 2.26. The second kappa shape index (κ2) is 4.71. The van der Waals surface area contributed by atoms with Crippen LogP contribution in [0.2, 0.25) is 0 Å². The van der Waals surface area contributed by atoms with Crippen LogP contribution in [0.25, 0.3) is 0 Å². The number of rotatable bonds is 1. The van der Waals surface area contributed by atoms with Crippen LogP contribution in [0.1, 0.15) is 19.3 Å². The van der Waals surface area contributed by atoms with Crippen molar-refractivity contribution in [3.8, 4) is 0 Å². The molecule has 92 valence electrons. The van der Waals surface area contributed by atoms with E-state index < -0.39 is 9.84 Å². The van der Waals surface area contributed by atoms with E-state index >= 15 is 0 Å². The Labute approximate surface area is 96.1 Å². The molecule has 2 rings (SSSR count). The molecular formula is C10H18N2O3S. The number of carbonyl (C=O) groups is 1. The van der Waals surface area contributed by atoms with E-state index in [0.717, 1.165) is 13.1 Å². The van der Waals surface area contributed by atoms with Gasteiger partial charge in [0.2, 0.25) is 5.91 Å². The number of amides is 1. The van der Waals surface area contributed by atoms with Gasteiger partial charge in [0.25, 0.3) is 0 Å². The van der Waals surface area contributed by atoms with Crippen LogP contribution in [0.3, 0.4) is 0 Å². The summed E-state index contributed by atoms with van der Waals surface area (Å²) in [5.74, 6) is 0.623. The molecule has 0 aromatic carbocycles. The van der Waals surface area contributed by atoms with Crippen molar-refractivity contribution in [2.75, 3.05) is 31.1 Å². The molecule has 0 saturated carbocycles. The summed E-state index contributed by atoms with van der Waals surface area (Å²) >= 11 is 0. The van der Waals surface area contributed by atoms with Gasteiger partial charge in [0.1, 0.15) is 9.84 Å². The first-order chi connectivity index (χ1) is 7.58. The van der Waals surface area contributed by atoms with Gasteiger partial charge >= 0.3 is 0 Å². The first-order valence-electron chi connectivity index (χ1n) is 5.79. The van der Waals surface area contributed by atoms with Crippen LogP contribution < -0.4 is 5.32 Å². The monoisotopic (exact) mass is 246 g/mol. The Bertz CT molecular complexity index is 352. The molecule has 0 aromatic rings. The van der Waals surface area contributed by atoms with E-state index in [1.165, 1.54) is 0 Å². The molecule has 0 bridgehead atoms. The molecule has 16 heavy (non-hydrogen) atoms. The molecule has 1 amide bonds. The molecule has 2 aliphatic heterocycles. The van der Waals surface area contributed by atoms with Crippen molar-refractivity contribution >= 4 is 15.7 Å². The fourth-order valence-corrected chi connectivity index (χ4v) is 3.83. The fraction of sp³-hybridized carbons (Fsp3) is 0.900. The lowest BCUT2D eigenvalue weighted by atomic mass is 10.1. The van der Waals surface area contributed by atoms with E-state index in [9.17, 15) is 13.2 Å². The minimum Gasteiger partial charge on any atom is -0.338 e. The summed E-state index contributed by atoms with van der Waals surface area (Å²) in [5.41, 5.74) is 0. The predicted molar refractivity (Wildman–Crippen MR) is 60.9 cm³/mol. The molecule has 5 nitrogen and oxygen atoms in total. The summed E-state index contributed by atoms with van der Waals surface area (Å²) in [6.07, 6.45) is 1.74. The predicted octanol–water partition coefficient (Wildman–Crippen LogP) is -0.614. The van der Waals surface area contributed by atoms with Crippen molar-refractivity contribution in [2.24, 2.45) is 0 Å². The average molecular weight is 246 g/mol. The Hall–Kier alpha value is -0.620. The number of hydrogen-bond acceptors (Lipinski definition) is 4. The minimum atomic E-state index is -2.83. The van der Waals surface area contributed by atoms with E-state index in [2.05, 4.69) is 5.32 Å². The molecule has 0 unspecified atom stereocenters. The summed E-state index contributed by atoms with van der Waals surface area (Å²) in [7, 11) is -2.83. The number of nitrogens with zero attached hydrogens (tertiary/aromatic N) is 1. The van der Waals surface area contributed by atoms with Crippen molar-refractivity contribution in [3.05, 3.63) is 0 Å². The number of nitrogens with one attached hydrogen (secondary N) is 1. The van der Waals surface area contributed by atoms with Gasteiger partial charge < -0.3 is 10.2 Å². The van der Waals surface area contributed by atoms with Crippen LogP contribution >= 0.6 is 0 Å². The maximum atomic E-state index is 11.8. The normalized spacial score (nSPS) is 27.8. The van der Waals surface area contributed by atoms with Crippen LogP contribution in [0, 0.1) is 0 Å². The molecule has 0 radical (unpaired) electrons. The summed E-state index contributed by atoms with van der Waals surface area (Å²) in [6, 6.07) is 0.135. The van der Waals surface area contributed by atoms with Crippen molar-refractivity contribution in [1.82, 2.24) is 10.2 Å². The quantitative estimate of drug-likeness (QED) is 0.670. The SMILES string of the molecule is O=C1CCNCCN1C1CCS(=O)(=O)CC1. The van der Waals surface area contributed by atoms with E-state index in [-0.39, 0.29) is 23.5 Å². The molecule has 2 aliphatic rings. The minimum absolute atomic E-state index is 0.135. The second-order valence-corrected chi connectivity index (χ2v) is 6.77. The highest BCUT2D eigenvalue weighted by molar-refractivity contribution is 7.91. The molecule has 0 aromatic heterocycles. The highest BCUT2D eigenvalue weighted by Crippen LogP contribution is 2.19. The van der Waals surface area contributed by atoms with Gasteiger partial charge in [-0.1, -0.05) is 0 Å². The third kappa shape index (κ3) is 2.74. The zero-order chi connectivity index (χ0) is 11.6. The van der Waals surface area contributed by atoms with Crippen molar-refractivity contribution in [2.45, 2.75) is 25.3 Å². The van der Waals surface area contributed by atoms with Crippen LogP contribution in [0.5, 0.6) is 0 Å². The van der Waals surface area contributed by atoms with Crippen LogP contribution in [-0.2, 0) is 14.6 Å². The standard InChI is InChI=1S/C10H18N2O3S/c13-10-1-4-11-5-6-12(10)9-2-7-16(14,15)8-3-9/h9,11H,1-8H2. The molecule has 1 N–H and O–H groups in total. The molecule has 2 saturated heterocycles. The average Bonchev–Trinajstić information content (AvgIpc) is 2.44. The molecule has 0 spiro atoms. The van der Waals surface area contributed by atoms with Gasteiger partial charge in [0.05, 0.1) is 11.5 Å². The van der Waals surface area contributed by atoms with Gasteiger partial charge in [-0.25, -0.2) is 8.42 Å². The number of hydrogen-bond donors (Lipinski definition) is 1. The molecule has 2 fully saturated rings. The molecular weight excluding hydrogens is 228 g/mol.